The van der Waals surface area contributed by atoms with Crippen LogP contribution in [-0.2, 0) is 21.8 Å². The molecule has 1 amide bonds. The molecule has 0 unspecified atom stereocenters. The van der Waals surface area contributed by atoms with Gasteiger partial charge in [0.15, 0.2) is 9.84 Å². The number of hydrogen-bond donors (Lipinski definition) is 2. The van der Waals surface area contributed by atoms with Crippen molar-refractivity contribution in [1.29, 1.82) is 0 Å². The van der Waals surface area contributed by atoms with E-state index in [4.69, 9.17) is 10.5 Å². The number of primary amides is 1. The van der Waals surface area contributed by atoms with Crippen LogP contribution in [-0.4, -0.2) is 46.3 Å². The highest BCUT2D eigenvalue weighted by Gasteiger charge is 2.39. The molecule has 2 aromatic carbocycles. The number of nitrogens with two attached hydrogens (primary N) is 1. The molecular formula is C23H16F4N4O6S. The number of carboxylic acid groups (broad SMARTS) is 1. The topological polar surface area (TPSA) is 154 Å². The number of benzene rings is 2. The Bertz CT molecular complexity index is 1720. The van der Waals surface area contributed by atoms with Gasteiger partial charge in [0.1, 0.15) is 17.9 Å². The Kier molecular flexibility index (Phi) is 6.57. The summed E-state index contributed by atoms with van der Waals surface area (Å²) < 4.78 is 86.0. The zero-order valence-corrected chi connectivity index (χ0v) is 20.0. The van der Waals surface area contributed by atoms with Crippen LogP contribution >= 0.6 is 0 Å². The van der Waals surface area contributed by atoms with E-state index in [0.717, 1.165) is 30.9 Å². The number of hydrogen-bond acceptors (Lipinski definition) is 7. The highest BCUT2D eigenvalue weighted by atomic mass is 32.2. The first-order chi connectivity index (χ1) is 17.7. The predicted octanol–water partition coefficient (Wildman–Crippen LogP) is 4.22. The molecule has 0 saturated carbocycles. The third-order valence-corrected chi connectivity index (χ3v) is 6.11. The molecule has 0 aliphatic carbocycles. The largest absolute Gasteiger partial charge is 0.464 e. The molecule has 4 rings (SSSR count). The lowest BCUT2D eigenvalue weighted by Gasteiger charge is -2.15. The van der Waals surface area contributed by atoms with Crippen molar-refractivity contribution in [1.82, 2.24) is 14.5 Å². The molecule has 0 aliphatic heterocycles. The second-order valence-corrected chi connectivity index (χ2v) is 10.2. The number of sulfone groups is 1. The summed E-state index contributed by atoms with van der Waals surface area (Å²) in [6.07, 6.45) is -3.86. The van der Waals surface area contributed by atoms with Gasteiger partial charge in [0.25, 0.3) is 5.91 Å². The maximum atomic E-state index is 14.8. The predicted molar refractivity (Wildman–Crippen MR) is 125 cm³/mol. The fourth-order valence-electron chi connectivity index (χ4n) is 3.81. The fourth-order valence-corrected chi connectivity index (χ4v) is 4.51. The van der Waals surface area contributed by atoms with E-state index in [1.165, 1.54) is 24.3 Å². The molecular weight excluding hydrogens is 536 g/mol. The Morgan fingerprint density at radius 2 is 1.82 bits per heavy atom. The first-order valence-corrected chi connectivity index (χ1v) is 12.5. The lowest BCUT2D eigenvalue weighted by molar-refractivity contribution is -0.139. The second kappa shape index (κ2) is 9.41. The Hall–Kier alpha value is -4.53. The van der Waals surface area contributed by atoms with E-state index in [9.17, 15) is 40.7 Å². The molecule has 198 valence electrons. The Labute approximate surface area is 211 Å². The lowest BCUT2D eigenvalue weighted by Crippen LogP contribution is -2.18. The van der Waals surface area contributed by atoms with Gasteiger partial charge in [0.05, 0.1) is 28.1 Å². The van der Waals surface area contributed by atoms with Crippen molar-refractivity contribution >= 4 is 32.7 Å². The van der Waals surface area contributed by atoms with Crippen molar-refractivity contribution in [3.63, 3.8) is 0 Å². The summed E-state index contributed by atoms with van der Waals surface area (Å²) in [5.74, 6) is -3.81. The summed E-state index contributed by atoms with van der Waals surface area (Å²) in [4.78, 5) is 30.9. The Morgan fingerprint density at radius 1 is 1.11 bits per heavy atom. The maximum Gasteiger partial charge on any atom is 0.419 e. The van der Waals surface area contributed by atoms with Crippen molar-refractivity contribution in [2.45, 2.75) is 11.9 Å². The van der Waals surface area contributed by atoms with E-state index in [2.05, 4.69) is 9.97 Å². The molecule has 0 aliphatic rings. The van der Waals surface area contributed by atoms with Crippen LogP contribution in [0.1, 0.15) is 21.6 Å². The lowest BCUT2D eigenvalue weighted by atomic mass is 9.95. The van der Waals surface area contributed by atoms with Gasteiger partial charge in [-0.3, -0.25) is 9.36 Å². The third kappa shape index (κ3) is 5.27. The quantitative estimate of drug-likeness (QED) is 0.337. The zero-order valence-electron chi connectivity index (χ0n) is 19.2. The number of fused-ring (bicyclic) bond motifs is 1. The molecule has 0 spiro atoms. The molecule has 4 aromatic rings. The highest BCUT2D eigenvalue weighted by molar-refractivity contribution is 7.89. The number of rotatable bonds is 6. The minimum absolute atomic E-state index is 0.00585. The summed E-state index contributed by atoms with van der Waals surface area (Å²) in [5.41, 5.74) is 1.23. The first kappa shape index (κ1) is 26.5. The van der Waals surface area contributed by atoms with Gasteiger partial charge < -0.3 is 15.6 Å². The summed E-state index contributed by atoms with van der Waals surface area (Å²) in [7, 11) is -3.42. The number of amides is 1. The molecule has 15 heteroatoms. The van der Waals surface area contributed by atoms with Crippen LogP contribution < -0.4 is 10.5 Å². The minimum atomic E-state index is -5.27. The molecule has 0 bridgehead atoms. The fraction of sp³-hybridized carbons (Fsp3) is 0.130. The number of carbonyl (C=O) groups is 2. The van der Waals surface area contributed by atoms with Crippen molar-refractivity contribution in [3.8, 4) is 22.8 Å². The van der Waals surface area contributed by atoms with E-state index in [1.54, 1.807) is 0 Å². The summed E-state index contributed by atoms with van der Waals surface area (Å²) in [5, 5.41) is 9.52. The molecule has 2 heterocycles. The molecule has 3 N–H and O–H groups in total. The van der Waals surface area contributed by atoms with Gasteiger partial charge in [0, 0.05) is 29.5 Å². The van der Waals surface area contributed by atoms with Gasteiger partial charge in [0.2, 0.25) is 5.88 Å². The third-order valence-electron chi connectivity index (χ3n) is 5.29. The van der Waals surface area contributed by atoms with Crippen molar-refractivity contribution in [2.24, 2.45) is 5.73 Å². The highest BCUT2D eigenvalue weighted by Crippen LogP contribution is 2.43. The van der Waals surface area contributed by atoms with Crippen LogP contribution in [0.2, 0.25) is 0 Å². The van der Waals surface area contributed by atoms with Crippen LogP contribution in [0.15, 0.2) is 48.9 Å². The van der Waals surface area contributed by atoms with Gasteiger partial charge in [-0.1, -0.05) is 6.07 Å². The van der Waals surface area contributed by atoms with Gasteiger partial charge in [-0.25, -0.2) is 27.6 Å². The summed E-state index contributed by atoms with van der Waals surface area (Å²) in [6.45, 7) is 0. The second-order valence-electron chi connectivity index (χ2n) is 8.11. The zero-order chi connectivity index (χ0) is 28.0. The minimum Gasteiger partial charge on any atom is -0.464 e. The van der Waals surface area contributed by atoms with Crippen molar-refractivity contribution in [3.05, 3.63) is 71.6 Å². The Morgan fingerprint density at radius 3 is 2.42 bits per heavy atom. The molecule has 0 saturated heterocycles. The number of aromatic nitrogens is 3. The van der Waals surface area contributed by atoms with E-state index in [-0.39, 0.29) is 33.8 Å². The molecule has 38 heavy (non-hydrogen) atoms. The van der Waals surface area contributed by atoms with E-state index < -0.39 is 56.3 Å². The maximum absolute atomic E-state index is 14.8. The number of alkyl halides is 3. The molecule has 2 aromatic heterocycles. The standard InChI is InChI=1S/C23H16F4N4O6S/c1-38(35,36)9-11-6-18(30-10-29-11)37-12-2-5-17-15(7-12)16(8-31(17)22(33)34)13-3-4-14(21(28)32)20(24)19(13)23(25,26)27/h2-8,10H,9H2,1H3,(H2,28,32)(H,33,34). The van der Waals surface area contributed by atoms with Gasteiger partial charge in [-0.15, -0.1) is 0 Å². The average molecular weight is 552 g/mol. The molecule has 0 atom stereocenters. The van der Waals surface area contributed by atoms with Crippen LogP contribution in [0, 0.1) is 5.82 Å². The van der Waals surface area contributed by atoms with Crippen molar-refractivity contribution < 1.29 is 45.4 Å². The number of carbonyl (C=O) groups excluding carboxylic acids is 1. The van der Waals surface area contributed by atoms with Crippen molar-refractivity contribution in [2.75, 3.05) is 6.26 Å². The molecule has 0 radical (unpaired) electrons. The SMILES string of the molecule is CS(=O)(=O)Cc1cc(Oc2ccc3c(c2)c(-c2ccc(C(N)=O)c(F)c2C(F)(F)F)cn3C(=O)O)ncn1. The number of ether oxygens (including phenoxy) is 1. The smallest absolute Gasteiger partial charge is 0.419 e. The number of nitrogens with zero attached hydrogens (tertiary/aromatic N) is 3. The van der Waals surface area contributed by atoms with E-state index >= 15 is 0 Å². The monoisotopic (exact) mass is 552 g/mol. The summed E-state index contributed by atoms with van der Waals surface area (Å²) >= 11 is 0. The number of halogens is 4. The summed E-state index contributed by atoms with van der Waals surface area (Å²) in [6, 6.07) is 6.61. The van der Waals surface area contributed by atoms with Gasteiger partial charge in [-0.05, 0) is 29.8 Å². The first-order valence-electron chi connectivity index (χ1n) is 10.4. The van der Waals surface area contributed by atoms with Crippen LogP contribution in [0.5, 0.6) is 11.6 Å². The van der Waals surface area contributed by atoms with Crippen LogP contribution in [0.4, 0.5) is 22.4 Å². The van der Waals surface area contributed by atoms with Gasteiger partial charge in [-0.2, -0.15) is 13.2 Å². The normalized spacial score (nSPS) is 12.0. The molecule has 10 nitrogen and oxygen atoms in total. The molecule has 0 fully saturated rings. The average Bonchev–Trinajstić information content (AvgIpc) is 3.16. The van der Waals surface area contributed by atoms with Gasteiger partial charge >= 0.3 is 12.3 Å². The van der Waals surface area contributed by atoms with E-state index in [1.807, 2.05) is 0 Å². The van der Waals surface area contributed by atoms with E-state index in [0.29, 0.717) is 4.57 Å². The van der Waals surface area contributed by atoms with Crippen LogP contribution in [0.3, 0.4) is 0 Å². The Balaban J connectivity index is 1.90. The van der Waals surface area contributed by atoms with Crippen LogP contribution in [0.25, 0.3) is 22.0 Å².